The fourth-order valence-electron chi connectivity index (χ4n) is 2.35. The highest BCUT2D eigenvalue weighted by atomic mass is 35.5. The minimum atomic E-state index is -0.473. The van der Waals surface area contributed by atoms with E-state index in [1.165, 1.54) is 17.0 Å². The normalized spacial score (nSPS) is 19.3. The van der Waals surface area contributed by atoms with Gasteiger partial charge in [-0.15, -0.1) is 0 Å². The van der Waals surface area contributed by atoms with Gasteiger partial charge in [0.2, 0.25) is 0 Å². The van der Waals surface area contributed by atoms with E-state index >= 15 is 0 Å². The first-order valence-corrected chi connectivity index (χ1v) is 7.38. The number of amides is 2. The Balaban J connectivity index is 1.88. The number of urea groups is 1. The van der Waals surface area contributed by atoms with Gasteiger partial charge < -0.3 is 15.0 Å². The fraction of sp³-hybridized carbons (Fsp3) is 0.533. The van der Waals surface area contributed by atoms with Crippen LogP contribution < -0.4 is 5.32 Å². The number of rotatable bonds is 4. The minimum Gasteiger partial charge on any atom is -0.381 e. The highest BCUT2D eigenvalue weighted by Gasteiger charge is 2.24. The van der Waals surface area contributed by atoms with E-state index in [9.17, 15) is 9.18 Å². The number of halogens is 2. The molecule has 2 amide bonds. The molecule has 6 heteroatoms. The molecule has 0 aromatic heterocycles. The van der Waals surface area contributed by atoms with Gasteiger partial charge >= 0.3 is 6.03 Å². The van der Waals surface area contributed by atoms with Crippen molar-refractivity contribution in [3.8, 4) is 0 Å². The third-order valence-corrected chi connectivity index (χ3v) is 4.08. The van der Waals surface area contributed by atoms with Crippen molar-refractivity contribution in [1.82, 2.24) is 10.2 Å². The van der Waals surface area contributed by atoms with Gasteiger partial charge in [0.15, 0.2) is 0 Å². The van der Waals surface area contributed by atoms with E-state index in [0.717, 1.165) is 13.0 Å². The van der Waals surface area contributed by atoms with Gasteiger partial charge in [-0.25, -0.2) is 9.18 Å². The number of carbonyl (C=O) groups is 1. The zero-order valence-electron chi connectivity index (χ0n) is 12.2. The van der Waals surface area contributed by atoms with E-state index in [2.05, 4.69) is 5.32 Å². The van der Waals surface area contributed by atoms with Gasteiger partial charge in [0.25, 0.3) is 0 Å². The summed E-state index contributed by atoms with van der Waals surface area (Å²) in [5.41, 5.74) is 0.700. The molecule has 4 nitrogen and oxygen atoms in total. The third-order valence-electron chi connectivity index (χ3n) is 3.77. The van der Waals surface area contributed by atoms with Crippen LogP contribution in [-0.4, -0.2) is 37.2 Å². The molecule has 1 heterocycles. The van der Waals surface area contributed by atoms with Crippen LogP contribution in [0.1, 0.15) is 18.9 Å². The Morgan fingerprint density at radius 2 is 2.38 bits per heavy atom. The fourth-order valence-corrected chi connectivity index (χ4v) is 2.47. The lowest BCUT2D eigenvalue weighted by atomic mass is 10.0. The van der Waals surface area contributed by atoms with Crippen LogP contribution in [0.15, 0.2) is 18.2 Å². The Kier molecular flexibility index (Phi) is 5.42. The molecule has 0 bridgehead atoms. The molecule has 1 aliphatic rings. The van der Waals surface area contributed by atoms with Crippen LogP contribution in [0, 0.1) is 11.7 Å². The maximum absolute atomic E-state index is 13.4. The second kappa shape index (κ2) is 7.09. The molecule has 2 rings (SSSR count). The summed E-state index contributed by atoms with van der Waals surface area (Å²) < 4.78 is 18.7. The van der Waals surface area contributed by atoms with Crippen molar-refractivity contribution in [3.63, 3.8) is 0 Å². The molecule has 116 valence electrons. The number of nitrogens with zero attached hydrogens (tertiary/aromatic N) is 1. The molecular formula is C15H20ClFN2O2. The highest BCUT2D eigenvalue weighted by molar-refractivity contribution is 6.30. The quantitative estimate of drug-likeness (QED) is 0.928. The predicted octanol–water partition coefficient (Wildman–Crippen LogP) is 3.05. The topological polar surface area (TPSA) is 41.6 Å². The molecule has 1 saturated heterocycles. The Bertz CT molecular complexity index is 506. The molecule has 1 aromatic carbocycles. The first kappa shape index (κ1) is 16.0. The van der Waals surface area contributed by atoms with Crippen LogP contribution in [0.3, 0.4) is 0 Å². The van der Waals surface area contributed by atoms with Crippen molar-refractivity contribution in [3.05, 3.63) is 34.6 Å². The predicted molar refractivity (Wildman–Crippen MR) is 79.8 cm³/mol. The van der Waals surface area contributed by atoms with Crippen LogP contribution in [0.5, 0.6) is 0 Å². The summed E-state index contributed by atoms with van der Waals surface area (Å²) in [6, 6.07) is 4.44. The van der Waals surface area contributed by atoms with E-state index < -0.39 is 5.82 Å². The summed E-state index contributed by atoms with van der Waals surface area (Å²) in [5, 5.41) is 3.04. The number of hydrogen-bond donors (Lipinski definition) is 1. The Hall–Kier alpha value is -1.33. The Morgan fingerprint density at radius 3 is 3.00 bits per heavy atom. The average molecular weight is 315 g/mol. The SMILES string of the molecule is C[C@H](NC(=O)N(C)Cc1ccc(Cl)c(F)c1)[C@H]1CCOC1. The van der Waals surface area contributed by atoms with Crippen molar-refractivity contribution in [2.45, 2.75) is 25.9 Å². The van der Waals surface area contributed by atoms with Crippen molar-refractivity contribution < 1.29 is 13.9 Å². The molecule has 1 aromatic rings. The lowest BCUT2D eigenvalue weighted by Gasteiger charge is -2.24. The summed E-state index contributed by atoms with van der Waals surface area (Å²) in [7, 11) is 1.68. The molecule has 1 aliphatic heterocycles. The van der Waals surface area contributed by atoms with Crippen LogP contribution in [-0.2, 0) is 11.3 Å². The molecule has 0 aliphatic carbocycles. The van der Waals surface area contributed by atoms with Gasteiger partial charge in [-0.3, -0.25) is 0 Å². The lowest BCUT2D eigenvalue weighted by Crippen LogP contribution is -2.44. The molecule has 2 atom stereocenters. The van der Waals surface area contributed by atoms with Gasteiger partial charge in [0.1, 0.15) is 5.82 Å². The Labute approximate surface area is 129 Å². The minimum absolute atomic E-state index is 0.0596. The zero-order chi connectivity index (χ0) is 15.4. The Morgan fingerprint density at radius 1 is 1.62 bits per heavy atom. The van der Waals surface area contributed by atoms with E-state index in [1.54, 1.807) is 13.1 Å². The monoisotopic (exact) mass is 314 g/mol. The van der Waals surface area contributed by atoms with Crippen LogP contribution >= 0.6 is 11.6 Å². The maximum Gasteiger partial charge on any atom is 0.317 e. The number of carbonyl (C=O) groups excluding carboxylic acids is 1. The van der Waals surface area contributed by atoms with Crippen molar-refractivity contribution in [2.24, 2.45) is 5.92 Å². The number of nitrogens with one attached hydrogen (secondary N) is 1. The molecule has 0 unspecified atom stereocenters. The second-order valence-electron chi connectivity index (χ2n) is 5.47. The van der Waals surface area contributed by atoms with Crippen molar-refractivity contribution >= 4 is 17.6 Å². The molecule has 1 fully saturated rings. The van der Waals surface area contributed by atoms with E-state index in [4.69, 9.17) is 16.3 Å². The second-order valence-corrected chi connectivity index (χ2v) is 5.87. The maximum atomic E-state index is 13.4. The summed E-state index contributed by atoms with van der Waals surface area (Å²) in [6.45, 7) is 3.75. The molecule has 1 N–H and O–H groups in total. The summed E-state index contributed by atoms with van der Waals surface area (Å²) >= 11 is 5.64. The largest absolute Gasteiger partial charge is 0.381 e. The summed E-state index contributed by atoms with van der Waals surface area (Å²) in [5.74, 6) is -0.116. The molecule has 0 radical (unpaired) electrons. The zero-order valence-corrected chi connectivity index (χ0v) is 13.0. The molecule has 0 saturated carbocycles. The highest BCUT2D eigenvalue weighted by Crippen LogP contribution is 2.18. The third kappa shape index (κ3) is 4.32. The van der Waals surface area contributed by atoms with Gasteiger partial charge in [-0.05, 0) is 31.0 Å². The van der Waals surface area contributed by atoms with E-state index in [-0.39, 0.29) is 17.1 Å². The molecular weight excluding hydrogens is 295 g/mol. The van der Waals surface area contributed by atoms with Crippen LogP contribution in [0.4, 0.5) is 9.18 Å². The van der Waals surface area contributed by atoms with E-state index in [1.807, 2.05) is 6.92 Å². The first-order chi connectivity index (χ1) is 9.97. The molecule has 0 spiro atoms. The lowest BCUT2D eigenvalue weighted by molar-refractivity contribution is 0.173. The van der Waals surface area contributed by atoms with Crippen LogP contribution in [0.2, 0.25) is 5.02 Å². The van der Waals surface area contributed by atoms with Gasteiger partial charge in [0.05, 0.1) is 11.6 Å². The number of benzene rings is 1. The van der Waals surface area contributed by atoms with Crippen molar-refractivity contribution in [2.75, 3.05) is 20.3 Å². The van der Waals surface area contributed by atoms with E-state index in [0.29, 0.717) is 24.6 Å². The summed E-state index contributed by atoms with van der Waals surface area (Å²) in [4.78, 5) is 13.6. The van der Waals surface area contributed by atoms with Crippen molar-refractivity contribution in [1.29, 1.82) is 0 Å². The number of hydrogen-bond acceptors (Lipinski definition) is 2. The smallest absolute Gasteiger partial charge is 0.317 e. The average Bonchev–Trinajstić information content (AvgIpc) is 2.97. The van der Waals surface area contributed by atoms with Crippen LogP contribution in [0.25, 0.3) is 0 Å². The number of ether oxygens (including phenoxy) is 1. The first-order valence-electron chi connectivity index (χ1n) is 7.00. The van der Waals surface area contributed by atoms with Gasteiger partial charge in [0, 0.05) is 32.2 Å². The van der Waals surface area contributed by atoms with Gasteiger partial charge in [-0.2, -0.15) is 0 Å². The summed E-state index contributed by atoms with van der Waals surface area (Å²) in [6.07, 6.45) is 0.966. The van der Waals surface area contributed by atoms with Gasteiger partial charge in [-0.1, -0.05) is 17.7 Å². The molecule has 21 heavy (non-hydrogen) atoms. The standard InChI is InChI=1S/C15H20ClFN2O2/c1-10(12-5-6-21-9-12)18-15(20)19(2)8-11-3-4-13(16)14(17)7-11/h3-4,7,10,12H,5-6,8-9H2,1-2H3,(H,18,20)/t10-,12-/m0/s1.